The Bertz CT molecular complexity index is 532. The molecular weight excluding hydrogens is 268 g/mol. The van der Waals surface area contributed by atoms with E-state index in [0.29, 0.717) is 24.1 Å². The van der Waals surface area contributed by atoms with Crippen LogP contribution in [-0.4, -0.2) is 32.6 Å². The first-order valence-corrected chi connectivity index (χ1v) is 6.68. The molecule has 0 aliphatic heterocycles. The first-order valence-electron chi connectivity index (χ1n) is 6.68. The largest absolute Gasteiger partial charge is 0.387 e. The predicted octanol–water partition coefficient (Wildman–Crippen LogP) is 1.37. The number of nitrogens with one attached hydrogen (secondary N) is 1. The van der Waals surface area contributed by atoms with Crippen LogP contribution < -0.4 is 11.1 Å². The quantitative estimate of drug-likeness (QED) is 0.658. The normalized spacial score (nSPS) is 12.5. The Morgan fingerprint density at radius 1 is 1.52 bits per heavy atom. The number of hydrogen-bond donors (Lipinski definition) is 3. The highest BCUT2D eigenvalue weighted by Gasteiger charge is 2.32. The van der Waals surface area contributed by atoms with Crippen molar-refractivity contribution in [2.24, 2.45) is 0 Å². The molecule has 0 aromatic carbocycles. The summed E-state index contributed by atoms with van der Waals surface area (Å²) in [5, 5.41) is 13.3. The van der Waals surface area contributed by atoms with Gasteiger partial charge in [0.2, 0.25) is 5.95 Å². The summed E-state index contributed by atoms with van der Waals surface area (Å²) >= 11 is 0. The van der Waals surface area contributed by atoms with Gasteiger partial charge in [-0.3, -0.25) is 4.79 Å². The lowest BCUT2D eigenvalue weighted by atomic mass is 9.88. The molecule has 0 saturated heterocycles. The van der Waals surface area contributed by atoms with Crippen molar-refractivity contribution in [2.75, 3.05) is 5.73 Å². The van der Waals surface area contributed by atoms with Gasteiger partial charge in [-0.15, -0.1) is 13.2 Å². The first-order chi connectivity index (χ1) is 9.84. The Labute approximate surface area is 124 Å². The van der Waals surface area contributed by atoms with Gasteiger partial charge in [0.25, 0.3) is 5.91 Å². The third kappa shape index (κ3) is 4.13. The highest BCUT2D eigenvalue weighted by Crippen LogP contribution is 2.21. The van der Waals surface area contributed by atoms with Gasteiger partial charge >= 0.3 is 0 Å². The molecule has 0 saturated carbocycles. The second-order valence-corrected chi connectivity index (χ2v) is 5.01. The number of carbonyl (C=O) groups excluding carboxylic acids is 1. The second-order valence-electron chi connectivity index (χ2n) is 5.01. The molecule has 1 atom stereocenters. The van der Waals surface area contributed by atoms with Crippen LogP contribution in [-0.2, 0) is 0 Å². The average Bonchev–Trinajstić information content (AvgIpc) is 2.38. The third-order valence-electron chi connectivity index (χ3n) is 3.39. The number of rotatable bonds is 7. The third-order valence-corrected chi connectivity index (χ3v) is 3.39. The fourth-order valence-corrected chi connectivity index (χ4v) is 2.05. The van der Waals surface area contributed by atoms with Crippen LogP contribution in [0.4, 0.5) is 5.95 Å². The van der Waals surface area contributed by atoms with Crippen molar-refractivity contribution >= 4 is 11.9 Å². The fourth-order valence-electron chi connectivity index (χ4n) is 2.05. The van der Waals surface area contributed by atoms with E-state index in [1.165, 1.54) is 6.20 Å². The number of anilines is 1. The predicted molar refractivity (Wildman–Crippen MR) is 82.7 cm³/mol. The van der Waals surface area contributed by atoms with Crippen LogP contribution >= 0.6 is 0 Å². The molecule has 21 heavy (non-hydrogen) atoms. The van der Waals surface area contributed by atoms with E-state index in [2.05, 4.69) is 28.4 Å². The molecule has 0 aliphatic carbocycles. The van der Waals surface area contributed by atoms with Gasteiger partial charge < -0.3 is 16.2 Å². The minimum Gasteiger partial charge on any atom is -0.387 e. The number of carbonyl (C=O) groups is 1. The molecule has 0 radical (unpaired) electrons. The van der Waals surface area contributed by atoms with Crippen molar-refractivity contribution in [1.29, 1.82) is 0 Å². The molecule has 0 bridgehead atoms. The maximum absolute atomic E-state index is 12.2. The lowest BCUT2D eigenvalue weighted by molar-refractivity contribution is 0.0127. The maximum atomic E-state index is 12.2. The highest BCUT2D eigenvalue weighted by molar-refractivity contribution is 5.95. The minimum atomic E-state index is -1.12. The number of nitrogens with two attached hydrogens (primary N) is 1. The molecule has 1 unspecified atom stereocenters. The van der Waals surface area contributed by atoms with Crippen LogP contribution in [0.1, 0.15) is 35.8 Å². The lowest BCUT2D eigenvalue weighted by Crippen LogP contribution is -2.50. The summed E-state index contributed by atoms with van der Waals surface area (Å²) in [4.78, 5) is 20.0. The number of nitrogens with zero attached hydrogens (tertiary/aromatic N) is 2. The van der Waals surface area contributed by atoms with E-state index in [1.54, 1.807) is 26.0 Å². The number of aromatic nitrogens is 2. The number of aliphatic hydroxyl groups is 1. The van der Waals surface area contributed by atoms with Crippen molar-refractivity contribution < 1.29 is 9.90 Å². The molecule has 6 nitrogen and oxygen atoms in total. The van der Waals surface area contributed by atoms with Gasteiger partial charge in [0, 0.05) is 6.20 Å². The van der Waals surface area contributed by atoms with Crippen LogP contribution in [0.25, 0.3) is 0 Å². The Morgan fingerprint density at radius 2 is 2.10 bits per heavy atom. The standard InChI is InChI=1S/C15H22N4O2/c1-5-7-15(21,8-6-2)11(4)19-13(20)12-9-17-14(16)18-10(12)3/h5-6,9,11,21H,1-2,7-8H2,3-4H3,(H,19,20)(H2,16,17,18). The first kappa shape index (κ1) is 16.8. The Hall–Kier alpha value is -2.21. The van der Waals surface area contributed by atoms with E-state index in [1.807, 2.05) is 0 Å². The van der Waals surface area contributed by atoms with Crippen molar-refractivity contribution in [3.05, 3.63) is 42.8 Å². The number of hydrogen-bond acceptors (Lipinski definition) is 5. The van der Waals surface area contributed by atoms with Crippen molar-refractivity contribution in [3.8, 4) is 0 Å². The summed E-state index contributed by atoms with van der Waals surface area (Å²) in [6.07, 6.45) is 5.29. The molecule has 4 N–H and O–H groups in total. The molecule has 1 heterocycles. The molecular formula is C15H22N4O2. The molecule has 1 rings (SSSR count). The molecule has 6 heteroatoms. The highest BCUT2D eigenvalue weighted by atomic mass is 16.3. The molecule has 0 fully saturated rings. The van der Waals surface area contributed by atoms with Crippen LogP contribution in [0, 0.1) is 6.92 Å². The molecule has 114 valence electrons. The average molecular weight is 290 g/mol. The van der Waals surface area contributed by atoms with E-state index in [0.717, 1.165) is 0 Å². The van der Waals surface area contributed by atoms with E-state index in [9.17, 15) is 9.90 Å². The summed E-state index contributed by atoms with van der Waals surface area (Å²) in [7, 11) is 0. The SMILES string of the molecule is C=CCC(O)(CC=C)C(C)NC(=O)c1cnc(N)nc1C. The monoisotopic (exact) mass is 290 g/mol. The molecule has 1 aromatic heterocycles. The Kier molecular flexibility index (Phi) is 5.60. The van der Waals surface area contributed by atoms with Crippen molar-refractivity contribution in [1.82, 2.24) is 15.3 Å². The second kappa shape index (κ2) is 6.99. The molecule has 0 aliphatic rings. The molecule has 1 amide bonds. The maximum Gasteiger partial charge on any atom is 0.255 e. The summed E-state index contributed by atoms with van der Waals surface area (Å²) in [5.41, 5.74) is 5.16. The van der Waals surface area contributed by atoms with Gasteiger partial charge in [-0.05, 0) is 26.7 Å². The van der Waals surface area contributed by atoms with Crippen molar-refractivity contribution in [2.45, 2.75) is 38.3 Å². The molecule has 0 spiro atoms. The van der Waals surface area contributed by atoms with Gasteiger partial charge in [0.15, 0.2) is 0 Å². The number of amides is 1. The van der Waals surface area contributed by atoms with Crippen LogP contribution in [0.3, 0.4) is 0 Å². The van der Waals surface area contributed by atoms with E-state index < -0.39 is 11.6 Å². The van der Waals surface area contributed by atoms with Gasteiger partial charge in [-0.25, -0.2) is 9.97 Å². The van der Waals surface area contributed by atoms with Crippen LogP contribution in [0.5, 0.6) is 0 Å². The Balaban J connectivity index is 2.89. The fraction of sp³-hybridized carbons (Fsp3) is 0.400. The zero-order chi connectivity index (χ0) is 16.0. The van der Waals surface area contributed by atoms with Crippen LogP contribution in [0.2, 0.25) is 0 Å². The smallest absolute Gasteiger partial charge is 0.255 e. The van der Waals surface area contributed by atoms with Gasteiger partial charge in [-0.1, -0.05) is 12.2 Å². The van der Waals surface area contributed by atoms with Gasteiger partial charge in [-0.2, -0.15) is 0 Å². The van der Waals surface area contributed by atoms with E-state index >= 15 is 0 Å². The van der Waals surface area contributed by atoms with E-state index in [4.69, 9.17) is 5.73 Å². The van der Waals surface area contributed by atoms with Gasteiger partial charge in [0.05, 0.1) is 22.9 Å². The van der Waals surface area contributed by atoms with Crippen molar-refractivity contribution in [3.63, 3.8) is 0 Å². The lowest BCUT2D eigenvalue weighted by Gasteiger charge is -2.33. The zero-order valence-electron chi connectivity index (χ0n) is 12.5. The van der Waals surface area contributed by atoms with Gasteiger partial charge in [0.1, 0.15) is 0 Å². The summed E-state index contributed by atoms with van der Waals surface area (Å²) < 4.78 is 0. The minimum absolute atomic E-state index is 0.118. The topological polar surface area (TPSA) is 101 Å². The number of aryl methyl sites for hydroxylation is 1. The summed E-state index contributed by atoms with van der Waals surface area (Å²) in [5.74, 6) is -0.238. The summed E-state index contributed by atoms with van der Waals surface area (Å²) in [6, 6.07) is -0.488. The summed E-state index contributed by atoms with van der Waals surface area (Å²) in [6.45, 7) is 10.7. The van der Waals surface area contributed by atoms with Crippen LogP contribution in [0.15, 0.2) is 31.5 Å². The number of nitrogen functional groups attached to an aromatic ring is 1. The Morgan fingerprint density at radius 3 is 2.57 bits per heavy atom. The van der Waals surface area contributed by atoms with E-state index in [-0.39, 0.29) is 11.9 Å². The zero-order valence-corrected chi connectivity index (χ0v) is 12.5. The molecule has 1 aromatic rings.